The van der Waals surface area contributed by atoms with Gasteiger partial charge in [0.25, 0.3) is 0 Å². The quantitative estimate of drug-likeness (QED) is 0.250. The lowest BCUT2D eigenvalue weighted by atomic mass is 9.65. The molecule has 3 saturated heterocycles. The molecule has 0 bridgehead atoms. The topological polar surface area (TPSA) is 128 Å². The molecular formula is C41H36N6O5. The highest BCUT2D eigenvalue weighted by Crippen LogP contribution is 2.65. The number of rotatable bonds is 5. The Balaban J connectivity index is 1.25. The molecule has 2 amide bonds. The van der Waals surface area contributed by atoms with Crippen LogP contribution in [0.5, 0.6) is 5.75 Å². The second kappa shape index (κ2) is 12.6. The van der Waals surface area contributed by atoms with E-state index in [0.29, 0.717) is 48.9 Å². The standard InChI is InChI=1S/C41H36N6O5/c48-29-18-16-28(17-19-29)36-41(30-14-7-8-15-31(30)44-39(41)51)32(37(49)45-22-24-46(25-23-45)40-42-20-9-21-43-40)34-38(50)52-35(27-12-5-2-6-13-27)33(47(34)36)26-10-3-1-4-11-26/h1-21,32-36,48H,22-25H2,(H,44,51)/t32-,33?,34-,35+,36+,41-/m0/s1. The van der Waals surface area contributed by atoms with Gasteiger partial charge in [-0.2, -0.15) is 0 Å². The zero-order valence-corrected chi connectivity index (χ0v) is 28.2. The Morgan fingerprint density at radius 3 is 2.06 bits per heavy atom. The monoisotopic (exact) mass is 692 g/mol. The van der Waals surface area contributed by atoms with E-state index in [2.05, 4.69) is 20.2 Å². The maximum atomic E-state index is 15.4. The Kier molecular flexibility index (Phi) is 7.73. The van der Waals surface area contributed by atoms with Crippen molar-refractivity contribution in [2.75, 3.05) is 36.4 Å². The summed E-state index contributed by atoms with van der Waals surface area (Å²) in [5.74, 6) is -1.71. The minimum absolute atomic E-state index is 0.0661. The van der Waals surface area contributed by atoms with Crippen LogP contribution >= 0.6 is 0 Å². The molecule has 0 aliphatic carbocycles. The van der Waals surface area contributed by atoms with E-state index in [1.54, 1.807) is 47.6 Å². The number of esters is 1. The number of fused-ring (bicyclic) bond motifs is 3. The number of hydrogen-bond acceptors (Lipinski definition) is 9. The summed E-state index contributed by atoms with van der Waals surface area (Å²) < 4.78 is 6.48. The molecule has 260 valence electrons. The lowest BCUT2D eigenvalue weighted by Crippen LogP contribution is -2.58. The molecule has 0 radical (unpaired) electrons. The number of hydrogen-bond donors (Lipinski definition) is 2. The van der Waals surface area contributed by atoms with Crippen LogP contribution in [0.1, 0.15) is 40.4 Å². The van der Waals surface area contributed by atoms with Gasteiger partial charge in [-0.3, -0.25) is 19.3 Å². The zero-order chi connectivity index (χ0) is 35.4. The Hall–Kier alpha value is -6.07. The molecule has 3 fully saturated rings. The number of benzene rings is 4. The Labute approximate surface area is 300 Å². The van der Waals surface area contributed by atoms with Gasteiger partial charge in [0.15, 0.2) is 0 Å². The van der Waals surface area contributed by atoms with E-state index in [9.17, 15) is 9.90 Å². The van der Waals surface area contributed by atoms with Gasteiger partial charge in [-0.25, -0.2) is 9.97 Å². The van der Waals surface area contributed by atoms with Gasteiger partial charge in [-0.1, -0.05) is 91.0 Å². The van der Waals surface area contributed by atoms with Gasteiger partial charge in [0.2, 0.25) is 17.8 Å². The molecule has 6 atom stereocenters. The predicted molar refractivity (Wildman–Crippen MR) is 192 cm³/mol. The number of cyclic esters (lactones) is 1. The molecule has 4 aliphatic heterocycles. The number of carbonyl (C=O) groups excluding carboxylic acids is 3. The van der Waals surface area contributed by atoms with E-state index < -0.39 is 41.5 Å². The van der Waals surface area contributed by atoms with Crippen molar-refractivity contribution in [3.8, 4) is 5.75 Å². The molecule has 11 nitrogen and oxygen atoms in total. The highest BCUT2D eigenvalue weighted by molar-refractivity contribution is 6.12. The zero-order valence-electron chi connectivity index (χ0n) is 28.2. The highest BCUT2D eigenvalue weighted by Gasteiger charge is 2.74. The van der Waals surface area contributed by atoms with Crippen LogP contribution in [0.2, 0.25) is 0 Å². The van der Waals surface area contributed by atoms with Crippen LogP contribution in [-0.2, 0) is 24.5 Å². The average molecular weight is 693 g/mol. The van der Waals surface area contributed by atoms with Crippen LogP contribution in [0, 0.1) is 5.92 Å². The van der Waals surface area contributed by atoms with Gasteiger partial charge >= 0.3 is 5.97 Å². The molecule has 5 heterocycles. The molecule has 1 spiro atoms. The van der Waals surface area contributed by atoms with E-state index >= 15 is 9.59 Å². The van der Waals surface area contributed by atoms with Gasteiger partial charge in [0.05, 0.1) is 18.0 Å². The summed E-state index contributed by atoms with van der Waals surface area (Å²) in [6, 6.07) is 32.9. The van der Waals surface area contributed by atoms with Crippen molar-refractivity contribution in [1.29, 1.82) is 0 Å². The van der Waals surface area contributed by atoms with Crippen molar-refractivity contribution >= 4 is 29.4 Å². The van der Waals surface area contributed by atoms with E-state index in [-0.39, 0.29) is 17.6 Å². The van der Waals surface area contributed by atoms with Crippen molar-refractivity contribution in [2.24, 2.45) is 5.92 Å². The largest absolute Gasteiger partial charge is 0.508 e. The first kappa shape index (κ1) is 31.9. The maximum Gasteiger partial charge on any atom is 0.324 e. The number of morpholine rings is 1. The number of amides is 2. The van der Waals surface area contributed by atoms with E-state index in [1.807, 2.05) is 89.8 Å². The maximum absolute atomic E-state index is 15.4. The first-order valence-corrected chi connectivity index (χ1v) is 17.6. The molecule has 9 rings (SSSR count). The van der Waals surface area contributed by atoms with Crippen molar-refractivity contribution < 1.29 is 24.2 Å². The molecule has 2 N–H and O–H groups in total. The highest BCUT2D eigenvalue weighted by atomic mass is 16.6. The predicted octanol–water partition coefficient (Wildman–Crippen LogP) is 4.80. The number of aromatic hydroxyl groups is 1. The number of para-hydroxylation sites is 1. The summed E-state index contributed by atoms with van der Waals surface area (Å²) in [6.07, 6.45) is 2.64. The van der Waals surface area contributed by atoms with Crippen LogP contribution in [-0.4, -0.2) is 74.9 Å². The summed E-state index contributed by atoms with van der Waals surface area (Å²) in [7, 11) is 0. The average Bonchev–Trinajstić information content (AvgIpc) is 3.67. The lowest BCUT2D eigenvalue weighted by Gasteiger charge is -2.46. The Bertz CT molecular complexity index is 2130. The normalized spacial score (nSPS) is 26.8. The lowest BCUT2D eigenvalue weighted by molar-refractivity contribution is -0.179. The fraction of sp³-hybridized carbons (Fsp3) is 0.244. The van der Waals surface area contributed by atoms with Gasteiger partial charge in [-0.15, -0.1) is 0 Å². The third-order valence-corrected chi connectivity index (χ3v) is 11.1. The molecule has 0 saturated carbocycles. The molecular weight excluding hydrogens is 656 g/mol. The third kappa shape index (κ3) is 4.87. The number of nitrogens with zero attached hydrogens (tertiary/aromatic N) is 5. The van der Waals surface area contributed by atoms with Crippen LogP contribution in [0.3, 0.4) is 0 Å². The minimum atomic E-state index is -1.54. The number of piperazine rings is 1. The van der Waals surface area contributed by atoms with Crippen LogP contribution < -0.4 is 10.2 Å². The van der Waals surface area contributed by atoms with Gasteiger partial charge in [0, 0.05) is 44.3 Å². The molecule has 4 aliphatic rings. The van der Waals surface area contributed by atoms with Crippen molar-refractivity contribution in [2.45, 2.75) is 29.6 Å². The van der Waals surface area contributed by atoms with Crippen LogP contribution in [0.4, 0.5) is 11.6 Å². The smallest absolute Gasteiger partial charge is 0.324 e. The minimum Gasteiger partial charge on any atom is -0.508 e. The van der Waals surface area contributed by atoms with Crippen molar-refractivity contribution in [3.63, 3.8) is 0 Å². The first-order chi connectivity index (χ1) is 25.5. The van der Waals surface area contributed by atoms with E-state index in [0.717, 1.165) is 11.1 Å². The molecule has 4 aromatic carbocycles. The summed E-state index contributed by atoms with van der Waals surface area (Å²) in [6.45, 7) is 1.68. The number of phenols is 1. The molecule has 1 unspecified atom stereocenters. The first-order valence-electron chi connectivity index (χ1n) is 17.6. The molecule has 1 aromatic heterocycles. The Morgan fingerprint density at radius 1 is 0.731 bits per heavy atom. The number of carbonyl (C=O) groups is 3. The number of anilines is 2. The number of nitrogens with one attached hydrogen (secondary N) is 1. The molecule has 11 heteroatoms. The molecule has 5 aromatic rings. The summed E-state index contributed by atoms with van der Waals surface area (Å²) in [5.41, 5.74) is 2.09. The summed E-state index contributed by atoms with van der Waals surface area (Å²) in [5, 5.41) is 13.6. The fourth-order valence-electron chi connectivity index (χ4n) is 8.96. The second-order valence-electron chi connectivity index (χ2n) is 13.7. The SMILES string of the molecule is O=C1O[C@H](c2ccccc2)C(c2ccccc2)N2[C@H]1[C@@H](C(=O)N1CCN(c3ncccn3)CC1)[C@]1(C(=O)Nc3ccccc31)[C@H]2c1ccc(O)cc1. The third-order valence-electron chi connectivity index (χ3n) is 11.1. The number of phenolic OH excluding ortho intramolecular Hbond substituents is 1. The summed E-state index contributed by atoms with van der Waals surface area (Å²) in [4.78, 5) is 60.0. The van der Waals surface area contributed by atoms with Crippen molar-refractivity contribution in [3.05, 3.63) is 150 Å². The van der Waals surface area contributed by atoms with Crippen molar-refractivity contribution in [1.82, 2.24) is 19.8 Å². The van der Waals surface area contributed by atoms with Gasteiger partial charge in [-0.05, 0) is 46.5 Å². The van der Waals surface area contributed by atoms with E-state index in [4.69, 9.17) is 4.74 Å². The molecule has 52 heavy (non-hydrogen) atoms. The number of aromatic nitrogens is 2. The number of ether oxygens (including phenoxy) is 1. The van der Waals surface area contributed by atoms with Gasteiger partial charge < -0.3 is 25.0 Å². The Morgan fingerprint density at radius 2 is 1.37 bits per heavy atom. The second-order valence-corrected chi connectivity index (χ2v) is 13.7. The van der Waals surface area contributed by atoms with E-state index in [1.165, 1.54) is 0 Å². The van der Waals surface area contributed by atoms with Crippen LogP contribution in [0.25, 0.3) is 0 Å². The summed E-state index contributed by atoms with van der Waals surface area (Å²) >= 11 is 0. The fourth-order valence-corrected chi connectivity index (χ4v) is 8.96. The van der Waals surface area contributed by atoms with Gasteiger partial charge in [0.1, 0.15) is 23.3 Å². The van der Waals surface area contributed by atoms with Crippen LogP contribution in [0.15, 0.2) is 128 Å².